The normalized spacial score (nSPS) is 15.4. The Kier molecular flexibility index (Phi) is 5.51. The van der Waals surface area contributed by atoms with Gasteiger partial charge in [-0.1, -0.05) is 43.9 Å². The van der Waals surface area contributed by atoms with E-state index in [1.807, 2.05) is 10.7 Å². The highest BCUT2D eigenvalue weighted by Gasteiger charge is 2.22. The number of ether oxygens (including phenoxy) is 1. The molecular weight excluding hydrogens is 352 g/mol. The SMILES string of the molecule is C=Cc1cc(Cl)nc2c(NC3CCC3)nn(COCC[Si](C)(C)C)c12. The summed E-state index contributed by atoms with van der Waals surface area (Å²) in [6.07, 6.45) is 5.41. The zero-order chi connectivity index (χ0) is 18.0. The van der Waals surface area contributed by atoms with E-state index in [0.29, 0.717) is 17.9 Å². The minimum Gasteiger partial charge on any atom is -0.364 e. The fourth-order valence-corrected chi connectivity index (χ4v) is 3.76. The van der Waals surface area contributed by atoms with Crippen LogP contribution in [0.3, 0.4) is 0 Å². The van der Waals surface area contributed by atoms with Crippen molar-refractivity contribution < 1.29 is 4.74 Å². The summed E-state index contributed by atoms with van der Waals surface area (Å²) < 4.78 is 7.78. The van der Waals surface area contributed by atoms with Gasteiger partial charge in [0.15, 0.2) is 5.82 Å². The van der Waals surface area contributed by atoms with Crippen molar-refractivity contribution in [2.24, 2.45) is 0 Å². The van der Waals surface area contributed by atoms with Crippen molar-refractivity contribution in [3.8, 4) is 0 Å². The number of fused-ring (bicyclic) bond motifs is 1. The molecule has 0 amide bonds. The van der Waals surface area contributed by atoms with Gasteiger partial charge in [-0.05, 0) is 31.4 Å². The molecule has 0 aromatic carbocycles. The van der Waals surface area contributed by atoms with E-state index in [-0.39, 0.29) is 0 Å². The Labute approximate surface area is 155 Å². The van der Waals surface area contributed by atoms with Crippen molar-refractivity contribution in [1.82, 2.24) is 14.8 Å². The van der Waals surface area contributed by atoms with Gasteiger partial charge in [0.1, 0.15) is 17.4 Å². The van der Waals surface area contributed by atoms with Gasteiger partial charge in [-0.15, -0.1) is 0 Å². The summed E-state index contributed by atoms with van der Waals surface area (Å²) in [5, 5.41) is 8.67. The van der Waals surface area contributed by atoms with Gasteiger partial charge in [0, 0.05) is 26.3 Å². The van der Waals surface area contributed by atoms with Crippen molar-refractivity contribution in [3.63, 3.8) is 0 Å². The average molecular weight is 379 g/mol. The number of anilines is 1. The Morgan fingerprint density at radius 3 is 2.80 bits per heavy atom. The second-order valence-corrected chi connectivity index (χ2v) is 13.9. The molecule has 1 aliphatic rings. The maximum atomic E-state index is 6.19. The van der Waals surface area contributed by atoms with Gasteiger partial charge < -0.3 is 10.1 Å². The molecule has 1 aliphatic carbocycles. The monoisotopic (exact) mass is 378 g/mol. The summed E-state index contributed by atoms with van der Waals surface area (Å²) in [5.74, 6) is 0.791. The Bertz CT molecular complexity index is 765. The topological polar surface area (TPSA) is 52.0 Å². The Balaban J connectivity index is 1.86. The molecule has 0 bridgehead atoms. The van der Waals surface area contributed by atoms with Crippen LogP contribution in [0.2, 0.25) is 30.8 Å². The van der Waals surface area contributed by atoms with E-state index in [1.165, 1.54) is 19.3 Å². The second kappa shape index (κ2) is 7.48. The largest absolute Gasteiger partial charge is 0.364 e. The third-order valence-electron chi connectivity index (χ3n) is 4.57. The zero-order valence-electron chi connectivity index (χ0n) is 15.3. The third kappa shape index (κ3) is 4.43. The van der Waals surface area contributed by atoms with Crippen molar-refractivity contribution in [2.45, 2.75) is 57.7 Å². The van der Waals surface area contributed by atoms with Gasteiger partial charge >= 0.3 is 0 Å². The molecule has 2 heterocycles. The molecule has 0 atom stereocenters. The van der Waals surface area contributed by atoms with Crippen LogP contribution in [0, 0.1) is 0 Å². The van der Waals surface area contributed by atoms with Crippen molar-refractivity contribution in [2.75, 3.05) is 11.9 Å². The molecule has 0 radical (unpaired) electrons. The van der Waals surface area contributed by atoms with Crippen LogP contribution in [0.15, 0.2) is 12.6 Å². The van der Waals surface area contributed by atoms with Gasteiger partial charge in [-0.3, -0.25) is 0 Å². The number of hydrogen-bond donors (Lipinski definition) is 1. The van der Waals surface area contributed by atoms with Crippen LogP contribution in [0.4, 0.5) is 5.82 Å². The Morgan fingerprint density at radius 2 is 2.20 bits per heavy atom. The molecule has 136 valence electrons. The lowest BCUT2D eigenvalue weighted by Crippen LogP contribution is -2.27. The molecule has 0 unspecified atom stereocenters. The number of pyridine rings is 1. The lowest BCUT2D eigenvalue weighted by molar-refractivity contribution is 0.0818. The Morgan fingerprint density at radius 1 is 1.44 bits per heavy atom. The molecule has 5 nitrogen and oxygen atoms in total. The second-order valence-electron chi connectivity index (χ2n) is 7.90. The summed E-state index contributed by atoms with van der Waals surface area (Å²) in [6, 6.07) is 3.44. The van der Waals surface area contributed by atoms with E-state index in [0.717, 1.165) is 35.1 Å². The molecule has 1 saturated carbocycles. The average Bonchev–Trinajstić information content (AvgIpc) is 2.83. The molecule has 3 rings (SSSR count). The van der Waals surface area contributed by atoms with E-state index in [4.69, 9.17) is 21.4 Å². The highest BCUT2D eigenvalue weighted by molar-refractivity contribution is 6.76. The van der Waals surface area contributed by atoms with Crippen LogP contribution in [0.5, 0.6) is 0 Å². The maximum absolute atomic E-state index is 6.19. The van der Waals surface area contributed by atoms with Crippen LogP contribution in [-0.2, 0) is 11.5 Å². The third-order valence-corrected chi connectivity index (χ3v) is 6.47. The number of nitrogens with one attached hydrogen (secondary N) is 1. The standard InChI is InChI=1S/C18H27ClN4OSi/c1-5-13-11-15(19)21-16-17(13)23(12-24-9-10-25(2,3)4)22-18(16)20-14-7-6-8-14/h5,11,14H,1,6-10,12H2,2-4H3,(H,20,22). The summed E-state index contributed by atoms with van der Waals surface area (Å²) in [5.41, 5.74) is 2.65. The lowest BCUT2D eigenvalue weighted by atomic mass is 9.93. The molecule has 7 heteroatoms. The number of hydrogen-bond acceptors (Lipinski definition) is 4. The van der Waals surface area contributed by atoms with Gasteiger partial charge in [0.2, 0.25) is 0 Å². The first kappa shape index (κ1) is 18.4. The van der Waals surface area contributed by atoms with Crippen LogP contribution >= 0.6 is 11.6 Å². The quantitative estimate of drug-likeness (QED) is 0.398. The number of nitrogens with zero attached hydrogens (tertiary/aromatic N) is 3. The van der Waals surface area contributed by atoms with Gasteiger partial charge in [-0.25, -0.2) is 9.67 Å². The number of rotatable bonds is 8. The fourth-order valence-electron chi connectivity index (χ4n) is 2.80. The van der Waals surface area contributed by atoms with Crippen LogP contribution in [-0.4, -0.2) is 35.5 Å². The molecule has 0 aliphatic heterocycles. The van der Waals surface area contributed by atoms with E-state index in [9.17, 15) is 0 Å². The van der Waals surface area contributed by atoms with Crippen molar-refractivity contribution in [1.29, 1.82) is 0 Å². The maximum Gasteiger partial charge on any atom is 0.175 e. The van der Waals surface area contributed by atoms with E-state index in [1.54, 1.807) is 6.08 Å². The van der Waals surface area contributed by atoms with Gasteiger partial charge in [0.25, 0.3) is 0 Å². The first-order chi connectivity index (χ1) is 11.9. The summed E-state index contributed by atoms with van der Waals surface area (Å²) in [7, 11) is -1.10. The van der Waals surface area contributed by atoms with Crippen LogP contribution in [0.25, 0.3) is 17.1 Å². The van der Waals surface area contributed by atoms with E-state index in [2.05, 4.69) is 36.5 Å². The molecule has 0 saturated heterocycles. The highest BCUT2D eigenvalue weighted by Crippen LogP contribution is 2.30. The minimum absolute atomic E-state index is 0.414. The summed E-state index contributed by atoms with van der Waals surface area (Å²) >= 11 is 6.19. The molecule has 2 aromatic heterocycles. The molecule has 1 N–H and O–H groups in total. The predicted molar refractivity (Wildman–Crippen MR) is 108 cm³/mol. The van der Waals surface area contributed by atoms with Crippen LogP contribution < -0.4 is 5.32 Å². The molecule has 0 spiro atoms. The van der Waals surface area contributed by atoms with Gasteiger partial charge in [-0.2, -0.15) is 5.10 Å². The minimum atomic E-state index is -1.10. The zero-order valence-corrected chi connectivity index (χ0v) is 17.1. The van der Waals surface area contributed by atoms with E-state index >= 15 is 0 Å². The summed E-state index contributed by atoms with van der Waals surface area (Å²) in [4.78, 5) is 4.51. The number of halogens is 1. The smallest absolute Gasteiger partial charge is 0.175 e. The lowest BCUT2D eigenvalue weighted by Gasteiger charge is -2.26. The molecule has 1 fully saturated rings. The summed E-state index contributed by atoms with van der Waals surface area (Å²) in [6.45, 7) is 12.1. The molecule has 2 aromatic rings. The van der Waals surface area contributed by atoms with Crippen LogP contribution in [0.1, 0.15) is 24.8 Å². The predicted octanol–water partition coefficient (Wildman–Crippen LogP) is 5.00. The van der Waals surface area contributed by atoms with Crippen molar-refractivity contribution in [3.05, 3.63) is 23.4 Å². The van der Waals surface area contributed by atoms with E-state index < -0.39 is 8.07 Å². The Hall–Kier alpha value is -1.37. The molecule has 25 heavy (non-hydrogen) atoms. The first-order valence-electron chi connectivity index (χ1n) is 8.91. The van der Waals surface area contributed by atoms with Crippen molar-refractivity contribution >= 4 is 42.6 Å². The first-order valence-corrected chi connectivity index (χ1v) is 13.0. The fraction of sp³-hybridized carbons (Fsp3) is 0.556. The number of aromatic nitrogens is 3. The molecular formula is C18H27ClN4OSi. The highest BCUT2D eigenvalue weighted by atomic mass is 35.5. The van der Waals surface area contributed by atoms with Gasteiger partial charge in [0.05, 0.1) is 5.52 Å².